The highest BCUT2D eigenvalue weighted by Crippen LogP contribution is 2.62. The highest BCUT2D eigenvalue weighted by Gasteiger charge is 2.59. The van der Waals surface area contributed by atoms with Crippen LogP contribution in [0.5, 0.6) is 0 Å². The Bertz CT molecular complexity index is 1250. The van der Waals surface area contributed by atoms with Gasteiger partial charge in [-0.1, -0.05) is 59.6 Å². The summed E-state index contributed by atoms with van der Waals surface area (Å²) < 4.78 is 0. The summed E-state index contributed by atoms with van der Waals surface area (Å²) in [5.74, 6) is -0.339. The number of thiazole rings is 1. The zero-order chi connectivity index (χ0) is 28.9. The van der Waals surface area contributed by atoms with Crippen LogP contribution >= 0.6 is 11.3 Å². The summed E-state index contributed by atoms with van der Waals surface area (Å²) in [5.41, 5.74) is 1.65. The van der Waals surface area contributed by atoms with E-state index in [2.05, 4.69) is 38.3 Å². The number of aromatic nitrogens is 1. The lowest BCUT2D eigenvalue weighted by atomic mass is 9.47. The minimum absolute atomic E-state index is 0.00592. The van der Waals surface area contributed by atoms with Crippen LogP contribution in [0.3, 0.4) is 0 Å². The number of fused-ring (bicyclic) bond motifs is 2. The van der Waals surface area contributed by atoms with Gasteiger partial charge >= 0.3 is 0 Å². The summed E-state index contributed by atoms with van der Waals surface area (Å²) in [4.78, 5) is 32.5. The average Bonchev–Trinajstić information content (AvgIpc) is 3.56. The van der Waals surface area contributed by atoms with E-state index in [9.17, 15) is 19.8 Å². The molecule has 3 aliphatic carbocycles. The molecule has 1 heterocycles. The molecule has 7 nitrogen and oxygen atoms in total. The first-order chi connectivity index (χ1) is 18.8. The van der Waals surface area contributed by atoms with Crippen LogP contribution in [0.25, 0.3) is 0 Å². The van der Waals surface area contributed by atoms with Crippen molar-refractivity contribution in [2.45, 2.75) is 109 Å². The lowest BCUT2D eigenvalue weighted by Gasteiger charge is -2.58. The van der Waals surface area contributed by atoms with E-state index in [-0.39, 0.29) is 47.1 Å². The Morgan fingerprint density at radius 2 is 1.77 bits per heavy atom. The molecule has 218 valence electrons. The molecule has 2 aromatic rings. The Morgan fingerprint density at radius 1 is 1.10 bits per heavy atom. The molecule has 5 atom stereocenters. The van der Waals surface area contributed by atoms with Gasteiger partial charge in [0.05, 0.1) is 18.4 Å². The summed E-state index contributed by atoms with van der Waals surface area (Å²) in [7, 11) is 0. The number of rotatable bonds is 6. The SMILES string of the molecule is CC(C)(C)c1ccc(C(=O)Nc2nc3c(s2)CC2C(C)(CO)C(O)CCC2(C)C3CC(=O)NC2CCCC2)cc1. The van der Waals surface area contributed by atoms with Gasteiger partial charge in [-0.3, -0.25) is 14.9 Å². The standard InChI is InChI=1S/C32H45N3O4S/c1-30(2,3)20-12-10-19(11-13-20)28(39)35-29-34-27-22(16-26(38)33-21-8-6-7-9-21)31(4)15-14-25(37)32(5,18-36)24(31)17-23(27)40-29/h10-13,21-22,24-25,36-37H,6-9,14-18H2,1-5H3,(H,33,38)(H,34,35,39). The number of aliphatic hydroxyl groups is 2. The molecule has 2 fully saturated rings. The number of anilines is 1. The topological polar surface area (TPSA) is 112 Å². The highest BCUT2D eigenvalue weighted by molar-refractivity contribution is 7.15. The lowest BCUT2D eigenvalue weighted by molar-refractivity contribution is -0.144. The molecule has 0 spiro atoms. The van der Waals surface area contributed by atoms with Crippen molar-refractivity contribution in [2.24, 2.45) is 16.7 Å². The van der Waals surface area contributed by atoms with Crippen molar-refractivity contribution in [1.29, 1.82) is 0 Å². The number of carbonyl (C=O) groups excluding carboxylic acids is 2. The molecule has 3 aliphatic rings. The molecule has 0 saturated heterocycles. The van der Waals surface area contributed by atoms with Crippen molar-refractivity contribution in [3.8, 4) is 0 Å². The fourth-order valence-corrected chi connectivity index (χ4v) is 8.60. The smallest absolute Gasteiger partial charge is 0.257 e. The van der Waals surface area contributed by atoms with E-state index >= 15 is 0 Å². The zero-order valence-electron chi connectivity index (χ0n) is 24.5. The Kier molecular flexibility index (Phi) is 7.92. The van der Waals surface area contributed by atoms with Crippen LogP contribution < -0.4 is 10.6 Å². The molecule has 0 bridgehead atoms. The number of carbonyl (C=O) groups is 2. The molecular formula is C32H45N3O4S. The fraction of sp³-hybridized carbons (Fsp3) is 0.656. The Morgan fingerprint density at radius 3 is 2.40 bits per heavy atom. The number of benzene rings is 1. The van der Waals surface area contributed by atoms with Crippen LogP contribution in [-0.2, 0) is 16.6 Å². The van der Waals surface area contributed by atoms with Crippen molar-refractivity contribution in [3.63, 3.8) is 0 Å². The van der Waals surface area contributed by atoms with Gasteiger partial charge in [-0.2, -0.15) is 0 Å². The van der Waals surface area contributed by atoms with E-state index < -0.39 is 11.5 Å². The van der Waals surface area contributed by atoms with Gasteiger partial charge in [-0.05, 0) is 66.5 Å². The maximum absolute atomic E-state index is 13.4. The lowest BCUT2D eigenvalue weighted by Crippen LogP contribution is -2.57. The Balaban J connectivity index is 1.44. The number of hydrogen-bond acceptors (Lipinski definition) is 6. The molecule has 2 amide bonds. The summed E-state index contributed by atoms with van der Waals surface area (Å²) in [5, 5.41) is 28.3. The second kappa shape index (κ2) is 10.8. The molecule has 8 heteroatoms. The predicted octanol–water partition coefficient (Wildman–Crippen LogP) is 5.56. The van der Waals surface area contributed by atoms with Crippen molar-refractivity contribution in [3.05, 3.63) is 46.0 Å². The zero-order valence-corrected chi connectivity index (χ0v) is 25.4. The molecule has 4 N–H and O–H groups in total. The molecule has 1 aromatic heterocycles. The van der Waals surface area contributed by atoms with Gasteiger partial charge in [0, 0.05) is 34.2 Å². The van der Waals surface area contributed by atoms with Gasteiger partial charge in [0.25, 0.3) is 5.91 Å². The predicted molar refractivity (Wildman–Crippen MR) is 159 cm³/mol. The third kappa shape index (κ3) is 5.35. The monoisotopic (exact) mass is 567 g/mol. The minimum atomic E-state index is -0.674. The molecule has 2 saturated carbocycles. The molecule has 5 rings (SSSR count). The van der Waals surface area contributed by atoms with E-state index in [1.54, 1.807) is 0 Å². The van der Waals surface area contributed by atoms with E-state index in [0.29, 0.717) is 30.0 Å². The second-order valence-corrected chi connectivity index (χ2v) is 15.0. The van der Waals surface area contributed by atoms with Crippen LogP contribution in [0.15, 0.2) is 24.3 Å². The highest BCUT2D eigenvalue weighted by atomic mass is 32.1. The van der Waals surface area contributed by atoms with Gasteiger partial charge in [0.1, 0.15) is 0 Å². The van der Waals surface area contributed by atoms with E-state index in [1.807, 2.05) is 31.2 Å². The second-order valence-electron chi connectivity index (χ2n) is 13.9. The molecule has 5 unspecified atom stereocenters. The first-order valence-corrected chi connectivity index (χ1v) is 15.7. The van der Waals surface area contributed by atoms with Crippen LogP contribution in [0.4, 0.5) is 5.13 Å². The van der Waals surface area contributed by atoms with Crippen LogP contribution in [-0.4, -0.2) is 45.8 Å². The maximum atomic E-state index is 13.4. The average molecular weight is 568 g/mol. The first-order valence-electron chi connectivity index (χ1n) is 14.8. The van der Waals surface area contributed by atoms with Crippen LogP contribution in [0.2, 0.25) is 0 Å². The minimum Gasteiger partial charge on any atom is -0.396 e. The third-order valence-electron chi connectivity index (χ3n) is 10.2. The van der Waals surface area contributed by atoms with Crippen molar-refractivity contribution in [2.75, 3.05) is 11.9 Å². The van der Waals surface area contributed by atoms with Crippen LogP contribution in [0, 0.1) is 16.7 Å². The summed E-state index contributed by atoms with van der Waals surface area (Å²) in [6.07, 6.45) is 6.08. The Labute approximate surface area is 242 Å². The number of amides is 2. The number of nitrogens with zero attached hydrogens (tertiary/aromatic N) is 1. The quantitative estimate of drug-likeness (QED) is 0.365. The van der Waals surface area contributed by atoms with Gasteiger partial charge in [0.15, 0.2) is 5.13 Å². The Hall–Kier alpha value is -2.29. The van der Waals surface area contributed by atoms with Gasteiger partial charge in [0.2, 0.25) is 5.91 Å². The van der Waals surface area contributed by atoms with Crippen molar-refractivity contribution >= 4 is 28.3 Å². The number of nitrogens with one attached hydrogen (secondary N) is 2. The van der Waals surface area contributed by atoms with Crippen LogP contribution in [0.1, 0.15) is 112 Å². The maximum Gasteiger partial charge on any atom is 0.257 e. The van der Waals surface area contributed by atoms with Gasteiger partial charge < -0.3 is 15.5 Å². The largest absolute Gasteiger partial charge is 0.396 e. The van der Waals surface area contributed by atoms with Gasteiger partial charge in [-0.15, -0.1) is 11.3 Å². The third-order valence-corrected chi connectivity index (χ3v) is 11.2. The molecule has 0 aliphatic heterocycles. The van der Waals surface area contributed by atoms with E-state index in [4.69, 9.17) is 4.98 Å². The summed E-state index contributed by atoms with van der Waals surface area (Å²) >= 11 is 1.46. The van der Waals surface area contributed by atoms with Crippen molar-refractivity contribution in [1.82, 2.24) is 10.3 Å². The normalized spacial score (nSPS) is 30.4. The summed E-state index contributed by atoms with van der Waals surface area (Å²) in [6.45, 7) is 10.5. The van der Waals surface area contributed by atoms with E-state index in [1.165, 1.54) is 11.3 Å². The van der Waals surface area contributed by atoms with E-state index in [0.717, 1.165) is 48.2 Å². The molecule has 40 heavy (non-hydrogen) atoms. The first kappa shape index (κ1) is 29.2. The number of hydrogen-bond donors (Lipinski definition) is 4. The van der Waals surface area contributed by atoms with Crippen molar-refractivity contribution < 1.29 is 19.8 Å². The molecular weight excluding hydrogens is 522 g/mol. The molecule has 0 radical (unpaired) electrons. The molecule has 1 aromatic carbocycles. The summed E-state index contributed by atoms with van der Waals surface area (Å²) in [6, 6.07) is 7.93. The fourth-order valence-electron chi connectivity index (χ4n) is 7.53. The van der Waals surface area contributed by atoms with Gasteiger partial charge in [-0.25, -0.2) is 4.98 Å². The number of aliphatic hydroxyl groups excluding tert-OH is 2.